The molecule has 26 heavy (non-hydrogen) atoms. The van der Waals surface area contributed by atoms with E-state index in [2.05, 4.69) is 4.40 Å². The first-order valence-electron chi connectivity index (χ1n) is 8.98. The van der Waals surface area contributed by atoms with Crippen LogP contribution in [0.25, 0.3) is 10.9 Å². The fraction of sp³-hybridized carbons (Fsp3) is 0.500. The summed E-state index contributed by atoms with van der Waals surface area (Å²) in [6.07, 6.45) is 3.40. The fourth-order valence-electron chi connectivity index (χ4n) is 3.01. The number of hydrogen-bond donors (Lipinski definition) is 0. The quantitative estimate of drug-likeness (QED) is 0.603. The van der Waals surface area contributed by atoms with Crippen molar-refractivity contribution in [2.45, 2.75) is 45.3 Å². The maximum absolute atomic E-state index is 12.8. The Labute approximate surface area is 157 Å². The van der Waals surface area contributed by atoms with Gasteiger partial charge in [-0.05, 0) is 58.7 Å². The molecule has 3 rings (SSSR count). The second-order valence-corrected chi connectivity index (χ2v) is 9.63. The highest BCUT2D eigenvalue weighted by Gasteiger charge is 2.27. The van der Waals surface area contributed by atoms with Crippen molar-refractivity contribution in [3.63, 3.8) is 0 Å². The molecule has 0 radical (unpaired) electrons. The van der Waals surface area contributed by atoms with Crippen LogP contribution >= 0.6 is 0 Å². The van der Waals surface area contributed by atoms with Crippen molar-refractivity contribution >= 4 is 33.9 Å². The number of fused-ring (bicyclic) bond motifs is 1. The zero-order valence-corrected chi connectivity index (χ0v) is 16.6. The summed E-state index contributed by atoms with van der Waals surface area (Å²) in [6, 6.07) is 7.83. The van der Waals surface area contributed by atoms with Gasteiger partial charge in [0.05, 0.1) is 11.2 Å². The van der Waals surface area contributed by atoms with Crippen LogP contribution in [0.15, 0.2) is 34.9 Å². The number of ether oxygens (including phenoxy) is 1. The van der Waals surface area contributed by atoms with Crippen molar-refractivity contribution < 1.29 is 14.1 Å². The molecule has 0 spiro atoms. The summed E-state index contributed by atoms with van der Waals surface area (Å²) in [4.78, 5) is 12.8. The smallest absolute Gasteiger partial charge is 0.234 e. The molecule has 0 aliphatic carbocycles. The summed E-state index contributed by atoms with van der Waals surface area (Å²) in [5.41, 5.74) is 2.56. The number of hydrogen-bond acceptors (Lipinski definition) is 4. The van der Waals surface area contributed by atoms with Gasteiger partial charge in [0.25, 0.3) is 0 Å². The molecule has 0 saturated carbocycles. The van der Waals surface area contributed by atoms with Crippen molar-refractivity contribution in [1.82, 2.24) is 4.57 Å². The van der Waals surface area contributed by atoms with Gasteiger partial charge in [-0.3, -0.25) is 9.36 Å². The van der Waals surface area contributed by atoms with Crippen LogP contribution in [-0.4, -0.2) is 38.7 Å². The van der Waals surface area contributed by atoms with Gasteiger partial charge >= 0.3 is 0 Å². The molecule has 0 bridgehead atoms. The Bertz CT molecular complexity index is 829. The third-order valence-electron chi connectivity index (χ3n) is 4.66. The van der Waals surface area contributed by atoms with Crippen LogP contribution in [0.4, 0.5) is 0 Å². The molecule has 1 aliphatic rings. The molecule has 2 heterocycles. The minimum absolute atomic E-state index is 0.0246. The summed E-state index contributed by atoms with van der Waals surface area (Å²) in [5, 5.41) is 0.985. The highest BCUT2D eigenvalue weighted by Crippen LogP contribution is 2.24. The van der Waals surface area contributed by atoms with Crippen LogP contribution in [0.3, 0.4) is 0 Å². The third kappa shape index (κ3) is 4.03. The van der Waals surface area contributed by atoms with Gasteiger partial charge in [0.15, 0.2) is 0 Å². The predicted octanol–water partition coefficient (Wildman–Crippen LogP) is 3.98. The van der Waals surface area contributed by atoms with Gasteiger partial charge < -0.3 is 9.29 Å². The van der Waals surface area contributed by atoms with E-state index in [1.807, 2.05) is 58.2 Å². The Hall–Kier alpha value is -1.63. The second kappa shape index (κ2) is 7.55. The Morgan fingerprint density at radius 3 is 2.62 bits per heavy atom. The summed E-state index contributed by atoms with van der Waals surface area (Å²) >= 11 is -1.29. The van der Waals surface area contributed by atoms with Crippen molar-refractivity contribution in [2.24, 2.45) is 10.3 Å². The highest BCUT2D eigenvalue weighted by atomic mass is 32.2. The average molecular weight is 375 g/mol. The summed E-state index contributed by atoms with van der Waals surface area (Å²) < 4.78 is 23.3. The monoisotopic (exact) mass is 374 g/mol. The molecular weight excluding hydrogens is 348 g/mol. The first-order chi connectivity index (χ1) is 12.3. The van der Waals surface area contributed by atoms with Crippen molar-refractivity contribution in [2.75, 3.05) is 13.2 Å². The van der Waals surface area contributed by atoms with Crippen LogP contribution < -0.4 is 0 Å². The van der Waals surface area contributed by atoms with Gasteiger partial charge in [-0.15, -0.1) is 0 Å². The zero-order valence-electron chi connectivity index (χ0n) is 15.8. The first-order valence-corrected chi connectivity index (χ1v) is 10.1. The normalized spacial score (nSPS) is 18.3. The number of aromatic nitrogens is 1. The maximum atomic E-state index is 12.8. The Morgan fingerprint density at radius 1 is 1.27 bits per heavy atom. The molecule has 6 heteroatoms. The standard InChI is InChI=1S/C20H26N2O3S/c1-14(21-26(24)20(2,3)4)16-5-6-18-17(13-16)7-10-22(18)19(23)15-8-11-25-12-9-15/h5-7,10,13,15H,8-9,11-12H2,1-4H3. The summed E-state index contributed by atoms with van der Waals surface area (Å²) in [7, 11) is 0. The SMILES string of the molecule is CC(=N[S+]([O-])C(C)(C)C)c1ccc2c(ccn2C(=O)C2CCOCC2)c1. The van der Waals surface area contributed by atoms with E-state index in [0.29, 0.717) is 13.2 Å². The molecule has 2 aromatic rings. The first kappa shape index (κ1) is 19.1. The third-order valence-corrected chi connectivity index (χ3v) is 6.15. The van der Waals surface area contributed by atoms with Crippen LogP contribution in [0.5, 0.6) is 0 Å². The van der Waals surface area contributed by atoms with E-state index < -0.39 is 11.4 Å². The van der Waals surface area contributed by atoms with E-state index in [4.69, 9.17) is 4.74 Å². The lowest BCUT2D eigenvalue weighted by molar-refractivity contribution is 0.0490. The molecular formula is C20H26N2O3S. The van der Waals surface area contributed by atoms with Gasteiger partial charge in [0, 0.05) is 36.3 Å². The van der Waals surface area contributed by atoms with Crippen LogP contribution in [0.1, 0.15) is 50.9 Å². The molecule has 0 N–H and O–H groups in total. The molecule has 1 atom stereocenters. The van der Waals surface area contributed by atoms with Crippen LogP contribution in [-0.2, 0) is 16.1 Å². The minimum Gasteiger partial charge on any atom is -0.591 e. The van der Waals surface area contributed by atoms with E-state index in [1.54, 1.807) is 4.57 Å². The minimum atomic E-state index is -1.29. The summed E-state index contributed by atoms with van der Waals surface area (Å²) in [5.74, 6) is 0.159. The van der Waals surface area contributed by atoms with E-state index >= 15 is 0 Å². The van der Waals surface area contributed by atoms with E-state index in [1.165, 1.54) is 0 Å². The van der Waals surface area contributed by atoms with E-state index in [-0.39, 0.29) is 16.6 Å². The Morgan fingerprint density at radius 2 is 1.96 bits per heavy atom. The molecule has 1 aromatic carbocycles. The molecule has 1 fully saturated rings. The van der Waals surface area contributed by atoms with E-state index in [0.717, 1.165) is 35.0 Å². The predicted molar refractivity (Wildman–Crippen MR) is 106 cm³/mol. The van der Waals surface area contributed by atoms with Crippen LogP contribution in [0, 0.1) is 5.92 Å². The average Bonchev–Trinajstić information content (AvgIpc) is 3.04. The van der Waals surface area contributed by atoms with Crippen molar-refractivity contribution in [3.05, 3.63) is 36.0 Å². The van der Waals surface area contributed by atoms with Gasteiger partial charge in [0.1, 0.15) is 16.1 Å². The molecule has 0 amide bonds. The largest absolute Gasteiger partial charge is 0.591 e. The van der Waals surface area contributed by atoms with Gasteiger partial charge in [-0.2, -0.15) is 0 Å². The van der Waals surface area contributed by atoms with Gasteiger partial charge in [0.2, 0.25) is 5.91 Å². The maximum Gasteiger partial charge on any atom is 0.234 e. The van der Waals surface area contributed by atoms with Crippen molar-refractivity contribution in [3.8, 4) is 0 Å². The fourth-order valence-corrected chi connectivity index (χ4v) is 3.64. The molecule has 1 unspecified atom stereocenters. The Balaban J connectivity index is 1.87. The lowest BCUT2D eigenvalue weighted by Gasteiger charge is -2.21. The zero-order chi connectivity index (χ0) is 18.9. The molecule has 140 valence electrons. The topological polar surface area (TPSA) is 66.7 Å². The number of carbonyl (C=O) groups excluding carboxylic acids is 1. The van der Waals surface area contributed by atoms with Crippen molar-refractivity contribution in [1.29, 1.82) is 0 Å². The summed E-state index contributed by atoms with van der Waals surface area (Å²) in [6.45, 7) is 8.90. The molecule has 5 nitrogen and oxygen atoms in total. The number of benzene rings is 1. The Kier molecular flexibility index (Phi) is 5.55. The lowest BCUT2D eigenvalue weighted by Crippen LogP contribution is -2.27. The number of rotatable bonds is 3. The van der Waals surface area contributed by atoms with Gasteiger partial charge in [-0.1, -0.05) is 10.5 Å². The highest BCUT2D eigenvalue weighted by molar-refractivity contribution is 7.91. The molecule has 1 aromatic heterocycles. The van der Waals surface area contributed by atoms with Gasteiger partial charge in [-0.25, -0.2) is 0 Å². The lowest BCUT2D eigenvalue weighted by atomic mass is 9.99. The second-order valence-electron chi connectivity index (χ2n) is 7.72. The number of carbonyl (C=O) groups is 1. The molecule has 1 aliphatic heterocycles. The van der Waals surface area contributed by atoms with Crippen LogP contribution in [0.2, 0.25) is 0 Å². The number of nitrogens with zero attached hydrogens (tertiary/aromatic N) is 2. The molecule has 1 saturated heterocycles. The van der Waals surface area contributed by atoms with E-state index in [9.17, 15) is 9.35 Å².